The van der Waals surface area contributed by atoms with E-state index in [0.29, 0.717) is 5.82 Å². The molecule has 0 bridgehead atoms. The van der Waals surface area contributed by atoms with E-state index in [2.05, 4.69) is 9.97 Å². The van der Waals surface area contributed by atoms with Crippen LogP contribution in [0.25, 0.3) is 5.82 Å². The average Bonchev–Trinajstić information content (AvgIpc) is 2.56. The molecule has 2 N–H and O–H groups in total. The van der Waals surface area contributed by atoms with E-state index in [4.69, 9.17) is 5.73 Å². The zero-order valence-corrected chi connectivity index (χ0v) is 6.38. The zero-order valence-electron chi connectivity index (χ0n) is 6.38. The molecule has 0 unspecified atom stereocenters. The molecule has 2 aromatic rings. The number of hydrogen-bond donors (Lipinski definition) is 1. The van der Waals surface area contributed by atoms with Crippen LogP contribution in [0.4, 0.5) is 5.82 Å². The molecule has 12 heavy (non-hydrogen) atoms. The maximum absolute atomic E-state index is 5.52. The highest BCUT2D eigenvalue weighted by Gasteiger charge is 1.95. The molecule has 2 heterocycles. The minimum absolute atomic E-state index is 0.515. The third kappa shape index (κ3) is 1.14. The SMILES string of the molecule is Nc1cccc(-n2ccnc2)n1. The molecule has 0 fully saturated rings. The lowest BCUT2D eigenvalue weighted by molar-refractivity contribution is 0.997. The molecule has 0 aromatic carbocycles. The molecular formula is C8H8N4. The lowest BCUT2D eigenvalue weighted by Gasteiger charge is -2.00. The van der Waals surface area contributed by atoms with Crippen LogP contribution in [0.1, 0.15) is 0 Å². The van der Waals surface area contributed by atoms with Gasteiger partial charge < -0.3 is 5.73 Å². The van der Waals surface area contributed by atoms with Gasteiger partial charge in [-0.25, -0.2) is 9.97 Å². The van der Waals surface area contributed by atoms with E-state index >= 15 is 0 Å². The summed E-state index contributed by atoms with van der Waals surface area (Å²) in [6.07, 6.45) is 5.20. The van der Waals surface area contributed by atoms with Crippen LogP contribution >= 0.6 is 0 Å². The first kappa shape index (κ1) is 6.84. The Morgan fingerprint density at radius 1 is 1.33 bits per heavy atom. The molecule has 2 aromatic heterocycles. The second kappa shape index (κ2) is 2.65. The highest BCUT2D eigenvalue weighted by molar-refractivity contribution is 5.34. The first-order valence-corrected chi connectivity index (χ1v) is 3.57. The second-order valence-electron chi connectivity index (χ2n) is 2.39. The number of rotatable bonds is 1. The van der Waals surface area contributed by atoms with E-state index in [9.17, 15) is 0 Å². The number of nitrogen functional groups attached to an aromatic ring is 1. The average molecular weight is 160 g/mol. The Bertz CT molecular complexity index is 366. The minimum Gasteiger partial charge on any atom is -0.384 e. The summed E-state index contributed by atoms with van der Waals surface area (Å²) >= 11 is 0. The van der Waals surface area contributed by atoms with Crippen LogP contribution in [0, 0.1) is 0 Å². The normalized spacial score (nSPS) is 10.0. The fourth-order valence-electron chi connectivity index (χ4n) is 0.978. The Hall–Kier alpha value is -1.84. The maximum atomic E-state index is 5.52. The van der Waals surface area contributed by atoms with Crippen LogP contribution < -0.4 is 5.73 Å². The van der Waals surface area contributed by atoms with Gasteiger partial charge in [0.05, 0.1) is 0 Å². The molecule has 0 amide bonds. The van der Waals surface area contributed by atoms with Crippen LogP contribution in [0.3, 0.4) is 0 Å². The molecule has 0 saturated carbocycles. The van der Waals surface area contributed by atoms with E-state index in [1.54, 1.807) is 23.2 Å². The largest absolute Gasteiger partial charge is 0.384 e. The lowest BCUT2D eigenvalue weighted by atomic mass is 10.4. The topological polar surface area (TPSA) is 56.7 Å². The smallest absolute Gasteiger partial charge is 0.140 e. The number of pyridine rings is 1. The van der Waals surface area contributed by atoms with Gasteiger partial charge >= 0.3 is 0 Å². The van der Waals surface area contributed by atoms with Gasteiger partial charge in [-0.3, -0.25) is 4.57 Å². The van der Waals surface area contributed by atoms with Crippen LogP contribution in [0.5, 0.6) is 0 Å². The summed E-state index contributed by atoms with van der Waals surface area (Å²) in [4.78, 5) is 8.03. The Morgan fingerprint density at radius 3 is 2.92 bits per heavy atom. The monoisotopic (exact) mass is 160 g/mol. The van der Waals surface area contributed by atoms with Crippen molar-refractivity contribution >= 4 is 5.82 Å². The molecule has 2 rings (SSSR count). The molecule has 0 radical (unpaired) electrons. The minimum atomic E-state index is 0.515. The van der Waals surface area contributed by atoms with E-state index in [1.807, 2.05) is 18.3 Å². The van der Waals surface area contributed by atoms with Crippen molar-refractivity contribution in [2.24, 2.45) is 0 Å². The second-order valence-corrected chi connectivity index (χ2v) is 2.39. The Kier molecular flexibility index (Phi) is 1.51. The summed E-state index contributed by atoms with van der Waals surface area (Å²) in [5, 5.41) is 0. The summed E-state index contributed by atoms with van der Waals surface area (Å²) in [7, 11) is 0. The highest BCUT2D eigenvalue weighted by atomic mass is 15.1. The molecule has 0 spiro atoms. The quantitative estimate of drug-likeness (QED) is 0.672. The summed E-state index contributed by atoms with van der Waals surface area (Å²) in [5.41, 5.74) is 5.52. The maximum Gasteiger partial charge on any atom is 0.140 e. The molecule has 0 aliphatic heterocycles. The van der Waals surface area contributed by atoms with Crippen LogP contribution in [0.15, 0.2) is 36.9 Å². The third-order valence-electron chi connectivity index (χ3n) is 1.52. The molecule has 0 atom stereocenters. The Balaban J connectivity index is 2.48. The van der Waals surface area contributed by atoms with Gasteiger partial charge in [-0.2, -0.15) is 0 Å². The summed E-state index contributed by atoms with van der Waals surface area (Å²) in [6.45, 7) is 0. The summed E-state index contributed by atoms with van der Waals surface area (Å²) in [6, 6.07) is 5.48. The fourth-order valence-corrected chi connectivity index (χ4v) is 0.978. The lowest BCUT2D eigenvalue weighted by Crippen LogP contribution is -1.97. The van der Waals surface area contributed by atoms with Crippen molar-refractivity contribution in [2.45, 2.75) is 0 Å². The number of aromatic nitrogens is 3. The predicted molar refractivity (Wildman–Crippen MR) is 45.8 cm³/mol. The van der Waals surface area contributed by atoms with Gasteiger partial charge in [0, 0.05) is 12.4 Å². The zero-order chi connectivity index (χ0) is 8.39. The fraction of sp³-hybridized carbons (Fsp3) is 0. The van der Waals surface area contributed by atoms with Crippen molar-refractivity contribution in [3.8, 4) is 5.82 Å². The summed E-state index contributed by atoms with van der Waals surface area (Å²) in [5.74, 6) is 1.30. The van der Waals surface area contributed by atoms with Crippen molar-refractivity contribution in [1.82, 2.24) is 14.5 Å². The van der Waals surface area contributed by atoms with Gasteiger partial charge in [-0.15, -0.1) is 0 Å². The number of imidazole rings is 1. The predicted octanol–water partition coefficient (Wildman–Crippen LogP) is 0.849. The van der Waals surface area contributed by atoms with Gasteiger partial charge in [-0.1, -0.05) is 6.07 Å². The van der Waals surface area contributed by atoms with E-state index in [1.165, 1.54) is 0 Å². The molecule has 4 nitrogen and oxygen atoms in total. The van der Waals surface area contributed by atoms with Gasteiger partial charge in [-0.05, 0) is 12.1 Å². The molecule has 4 heteroatoms. The first-order valence-electron chi connectivity index (χ1n) is 3.57. The van der Waals surface area contributed by atoms with Crippen molar-refractivity contribution in [1.29, 1.82) is 0 Å². The number of nitrogens with two attached hydrogens (primary N) is 1. The van der Waals surface area contributed by atoms with E-state index in [0.717, 1.165) is 5.82 Å². The molecule has 0 aliphatic rings. The molecule has 0 aliphatic carbocycles. The van der Waals surface area contributed by atoms with Gasteiger partial charge in [0.15, 0.2) is 0 Å². The van der Waals surface area contributed by atoms with Gasteiger partial charge in [0.1, 0.15) is 18.0 Å². The Morgan fingerprint density at radius 2 is 2.25 bits per heavy atom. The van der Waals surface area contributed by atoms with Crippen molar-refractivity contribution in [3.05, 3.63) is 36.9 Å². The van der Waals surface area contributed by atoms with Crippen LogP contribution in [0.2, 0.25) is 0 Å². The first-order chi connectivity index (χ1) is 5.86. The van der Waals surface area contributed by atoms with Gasteiger partial charge in [0.25, 0.3) is 0 Å². The molecule has 0 saturated heterocycles. The van der Waals surface area contributed by atoms with Crippen molar-refractivity contribution in [2.75, 3.05) is 5.73 Å². The number of nitrogens with zero attached hydrogens (tertiary/aromatic N) is 3. The van der Waals surface area contributed by atoms with Crippen LogP contribution in [-0.2, 0) is 0 Å². The number of hydrogen-bond acceptors (Lipinski definition) is 3. The molecular weight excluding hydrogens is 152 g/mol. The molecule has 60 valence electrons. The third-order valence-corrected chi connectivity index (χ3v) is 1.52. The van der Waals surface area contributed by atoms with Crippen molar-refractivity contribution in [3.63, 3.8) is 0 Å². The number of anilines is 1. The van der Waals surface area contributed by atoms with E-state index in [-0.39, 0.29) is 0 Å². The van der Waals surface area contributed by atoms with Crippen LogP contribution in [-0.4, -0.2) is 14.5 Å². The summed E-state index contributed by atoms with van der Waals surface area (Å²) < 4.78 is 1.80. The van der Waals surface area contributed by atoms with E-state index < -0.39 is 0 Å². The Labute approximate surface area is 69.7 Å². The van der Waals surface area contributed by atoms with Crippen molar-refractivity contribution < 1.29 is 0 Å². The highest BCUT2D eigenvalue weighted by Crippen LogP contribution is 2.05. The standard InChI is InChI=1S/C8H8N4/c9-7-2-1-3-8(11-7)12-5-4-10-6-12/h1-6H,(H2,9,11). The van der Waals surface area contributed by atoms with Gasteiger partial charge in [0.2, 0.25) is 0 Å².